The molecule has 4 rings (SSSR count). The highest BCUT2D eigenvalue weighted by Gasteiger charge is 2.33. The maximum absolute atomic E-state index is 13.4. The number of carbonyl (C=O) groups excluding carboxylic acids is 1. The van der Waals surface area contributed by atoms with E-state index in [0.717, 1.165) is 21.3 Å². The molecule has 9 heteroatoms. The molecule has 6 nitrogen and oxygen atoms in total. The Morgan fingerprint density at radius 1 is 1.21 bits per heavy atom. The second-order valence-electron chi connectivity index (χ2n) is 6.58. The molecule has 1 amide bonds. The van der Waals surface area contributed by atoms with E-state index in [1.807, 2.05) is 31.3 Å². The van der Waals surface area contributed by atoms with Crippen LogP contribution in [0.3, 0.4) is 0 Å². The highest BCUT2D eigenvalue weighted by molar-refractivity contribution is 9.10. The third kappa shape index (κ3) is 4.40. The Kier molecular flexibility index (Phi) is 5.77. The molecule has 0 saturated carbocycles. The van der Waals surface area contributed by atoms with Gasteiger partial charge in [-0.2, -0.15) is 5.10 Å². The molecule has 1 atom stereocenters. The zero-order chi connectivity index (χ0) is 20.4. The van der Waals surface area contributed by atoms with Crippen LogP contribution < -0.4 is 0 Å². The Morgan fingerprint density at radius 3 is 2.59 bits per heavy atom. The summed E-state index contributed by atoms with van der Waals surface area (Å²) in [6, 6.07) is 13.8. The number of hydrogen-bond donors (Lipinski definition) is 0. The van der Waals surface area contributed by atoms with E-state index in [9.17, 15) is 9.18 Å². The molecule has 2 heterocycles. The highest BCUT2D eigenvalue weighted by atomic mass is 79.9. The van der Waals surface area contributed by atoms with Gasteiger partial charge in [0.2, 0.25) is 0 Å². The van der Waals surface area contributed by atoms with Crippen LogP contribution in [-0.4, -0.2) is 37.1 Å². The van der Waals surface area contributed by atoms with Crippen LogP contribution in [0.15, 0.2) is 69.6 Å². The van der Waals surface area contributed by atoms with Crippen molar-refractivity contribution in [2.24, 2.45) is 12.1 Å². The van der Waals surface area contributed by atoms with Gasteiger partial charge >= 0.3 is 0 Å². The van der Waals surface area contributed by atoms with Crippen LogP contribution in [0.4, 0.5) is 4.39 Å². The van der Waals surface area contributed by atoms with Gasteiger partial charge in [-0.3, -0.25) is 4.79 Å². The van der Waals surface area contributed by atoms with Crippen LogP contribution in [0.5, 0.6) is 0 Å². The number of amides is 1. The number of halogens is 2. The lowest BCUT2D eigenvalue weighted by Gasteiger charge is -2.21. The van der Waals surface area contributed by atoms with Gasteiger partial charge in [0.15, 0.2) is 5.16 Å². The summed E-state index contributed by atoms with van der Waals surface area (Å²) in [4.78, 5) is 13.0. The molecule has 0 bridgehead atoms. The van der Waals surface area contributed by atoms with Gasteiger partial charge in [0.25, 0.3) is 5.91 Å². The molecule has 0 fully saturated rings. The SMILES string of the molecule is Cn1cnnc1SCC(=O)N1N=C(c2ccc(Br)cc2)C[C@H]1c1ccc(F)cc1. The summed E-state index contributed by atoms with van der Waals surface area (Å²) in [7, 11) is 1.83. The smallest absolute Gasteiger partial charge is 0.253 e. The van der Waals surface area contributed by atoms with Crippen molar-refractivity contribution in [1.82, 2.24) is 19.8 Å². The monoisotopic (exact) mass is 473 g/mol. The van der Waals surface area contributed by atoms with Crippen molar-refractivity contribution in [2.45, 2.75) is 17.6 Å². The first-order chi connectivity index (χ1) is 14.0. The van der Waals surface area contributed by atoms with Gasteiger partial charge < -0.3 is 4.57 Å². The maximum atomic E-state index is 13.4. The predicted molar refractivity (Wildman–Crippen MR) is 113 cm³/mol. The second-order valence-corrected chi connectivity index (χ2v) is 8.43. The largest absolute Gasteiger partial charge is 0.312 e. The molecule has 148 valence electrons. The van der Waals surface area contributed by atoms with Crippen LogP contribution in [0.25, 0.3) is 0 Å². The molecular formula is C20H17BrFN5OS. The molecular weight excluding hydrogens is 457 g/mol. The van der Waals surface area contributed by atoms with Crippen molar-refractivity contribution in [3.8, 4) is 0 Å². The predicted octanol–water partition coefficient (Wildman–Crippen LogP) is 4.19. The Hall–Kier alpha value is -2.52. The van der Waals surface area contributed by atoms with Crippen molar-refractivity contribution in [3.05, 3.63) is 76.3 Å². The average molecular weight is 474 g/mol. The Morgan fingerprint density at radius 2 is 1.93 bits per heavy atom. The van der Waals surface area contributed by atoms with Crippen molar-refractivity contribution < 1.29 is 9.18 Å². The Bertz CT molecular complexity index is 1050. The molecule has 3 aromatic rings. The first kappa shape index (κ1) is 19.8. The maximum Gasteiger partial charge on any atom is 0.253 e. The van der Waals surface area contributed by atoms with Crippen molar-refractivity contribution in [3.63, 3.8) is 0 Å². The van der Waals surface area contributed by atoms with Crippen LogP contribution in [0.1, 0.15) is 23.6 Å². The number of carbonyl (C=O) groups is 1. The highest BCUT2D eigenvalue weighted by Crippen LogP contribution is 2.34. The number of thioether (sulfide) groups is 1. The molecule has 0 unspecified atom stereocenters. The summed E-state index contributed by atoms with van der Waals surface area (Å²) in [5.41, 5.74) is 2.62. The molecule has 0 radical (unpaired) electrons. The quantitative estimate of drug-likeness (QED) is 0.521. The normalized spacial score (nSPS) is 16.2. The van der Waals surface area contributed by atoms with Gasteiger partial charge in [-0.05, 0) is 35.4 Å². The molecule has 1 aliphatic rings. The van der Waals surface area contributed by atoms with Crippen LogP contribution in [0.2, 0.25) is 0 Å². The van der Waals surface area contributed by atoms with E-state index in [4.69, 9.17) is 0 Å². The third-order valence-corrected chi connectivity index (χ3v) is 6.14. The fraction of sp³-hybridized carbons (Fsp3) is 0.200. The standard InChI is InChI=1S/C20H17BrFN5OS/c1-26-12-23-24-20(26)29-11-19(28)27-18(14-4-8-16(22)9-5-14)10-17(25-27)13-2-6-15(21)7-3-13/h2-9,12,18H,10-11H2,1H3/t18-/m0/s1. The topological polar surface area (TPSA) is 63.4 Å². The number of aryl methyl sites for hydroxylation is 1. The first-order valence-corrected chi connectivity index (χ1v) is 10.7. The van der Waals surface area contributed by atoms with E-state index >= 15 is 0 Å². The minimum Gasteiger partial charge on any atom is -0.312 e. The van der Waals surface area contributed by atoms with Gasteiger partial charge in [0.05, 0.1) is 17.5 Å². The fourth-order valence-electron chi connectivity index (χ4n) is 3.10. The van der Waals surface area contributed by atoms with E-state index in [2.05, 4.69) is 31.2 Å². The van der Waals surface area contributed by atoms with Gasteiger partial charge in [-0.1, -0.05) is 52.0 Å². The van der Waals surface area contributed by atoms with Crippen molar-refractivity contribution in [2.75, 3.05) is 5.75 Å². The summed E-state index contributed by atoms with van der Waals surface area (Å²) < 4.78 is 16.1. The Labute approximate surface area is 179 Å². The van der Waals surface area contributed by atoms with E-state index in [1.54, 1.807) is 23.0 Å². The molecule has 0 saturated heterocycles. The van der Waals surface area contributed by atoms with Crippen molar-refractivity contribution >= 4 is 39.3 Å². The molecule has 1 aromatic heterocycles. The van der Waals surface area contributed by atoms with Crippen LogP contribution in [-0.2, 0) is 11.8 Å². The summed E-state index contributed by atoms with van der Waals surface area (Å²) in [5.74, 6) is -0.266. The summed E-state index contributed by atoms with van der Waals surface area (Å²) in [5, 5.41) is 14.6. The second kappa shape index (κ2) is 8.46. The zero-order valence-corrected chi connectivity index (χ0v) is 17.9. The number of nitrogens with zero attached hydrogens (tertiary/aromatic N) is 5. The van der Waals surface area contributed by atoms with Crippen LogP contribution >= 0.6 is 27.7 Å². The minimum atomic E-state index is -0.309. The van der Waals surface area contributed by atoms with Gasteiger partial charge in [-0.15, -0.1) is 10.2 Å². The number of hydrazone groups is 1. The van der Waals surface area contributed by atoms with E-state index < -0.39 is 0 Å². The molecule has 1 aliphatic heterocycles. The summed E-state index contributed by atoms with van der Waals surface area (Å²) >= 11 is 4.74. The Balaban J connectivity index is 1.59. The summed E-state index contributed by atoms with van der Waals surface area (Å²) in [6.07, 6.45) is 2.15. The molecule has 29 heavy (non-hydrogen) atoms. The molecule has 2 aromatic carbocycles. The number of hydrogen-bond acceptors (Lipinski definition) is 5. The molecule has 0 N–H and O–H groups in total. The lowest BCUT2D eigenvalue weighted by atomic mass is 9.98. The number of rotatable bonds is 5. The van der Waals surface area contributed by atoms with E-state index in [0.29, 0.717) is 11.6 Å². The molecule has 0 spiro atoms. The lowest BCUT2D eigenvalue weighted by Crippen LogP contribution is -2.28. The van der Waals surface area contributed by atoms with Crippen LogP contribution in [0, 0.1) is 5.82 Å². The fourth-order valence-corrected chi connectivity index (χ4v) is 4.10. The number of benzene rings is 2. The first-order valence-electron chi connectivity index (χ1n) is 8.89. The average Bonchev–Trinajstić information content (AvgIpc) is 3.34. The third-order valence-electron chi connectivity index (χ3n) is 4.59. The van der Waals surface area contributed by atoms with Crippen molar-refractivity contribution in [1.29, 1.82) is 0 Å². The van der Waals surface area contributed by atoms with Gasteiger partial charge in [-0.25, -0.2) is 9.40 Å². The zero-order valence-electron chi connectivity index (χ0n) is 15.5. The minimum absolute atomic E-state index is 0.139. The molecule has 0 aliphatic carbocycles. The number of aromatic nitrogens is 3. The van der Waals surface area contributed by atoms with E-state index in [-0.39, 0.29) is 23.5 Å². The summed E-state index contributed by atoms with van der Waals surface area (Å²) in [6.45, 7) is 0. The van der Waals surface area contributed by atoms with Gasteiger partial charge in [0.1, 0.15) is 12.1 Å². The van der Waals surface area contributed by atoms with Gasteiger partial charge in [0, 0.05) is 17.9 Å². The van der Waals surface area contributed by atoms with E-state index in [1.165, 1.54) is 28.9 Å². The lowest BCUT2D eigenvalue weighted by molar-refractivity contribution is -0.130.